The summed E-state index contributed by atoms with van der Waals surface area (Å²) in [6.45, 7) is 3.35. The molecule has 1 aromatic rings. The van der Waals surface area contributed by atoms with Gasteiger partial charge in [-0.15, -0.1) is 0 Å². The lowest BCUT2D eigenvalue weighted by atomic mass is 10.2. The van der Waals surface area contributed by atoms with E-state index < -0.39 is 0 Å². The molecule has 3 nitrogen and oxygen atoms in total. The van der Waals surface area contributed by atoms with Gasteiger partial charge in [0.05, 0.1) is 5.69 Å². The molecule has 0 amide bonds. The van der Waals surface area contributed by atoms with Crippen LogP contribution < -0.4 is 0 Å². The highest BCUT2D eigenvalue weighted by atomic mass is 16.3. The molecule has 0 atom stereocenters. The van der Waals surface area contributed by atoms with Crippen molar-refractivity contribution in [2.45, 2.75) is 20.3 Å². The summed E-state index contributed by atoms with van der Waals surface area (Å²) in [5.74, 6) is 0.318. The largest absolute Gasteiger partial charge is 0.508 e. The minimum Gasteiger partial charge on any atom is -0.508 e. The number of phenols is 1. The fraction of sp³-hybridized carbons (Fsp3) is 0.273. The molecular formula is C11H13NO2. The Labute approximate surface area is 83.1 Å². The van der Waals surface area contributed by atoms with Crippen molar-refractivity contribution in [1.29, 1.82) is 0 Å². The van der Waals surface area contributed by atoms with Gasteiger partial charge in [-0.3, -0.25) is 9.79 Å². The van der Waals surface area contributed by atoms with Gasteiger partial charge in [-0.05, 0) is 38.1 Å². The second kappa shape index (κ2) is 4.56. The molecule has 74 valence electrons. The van der Waals surface area contributed by atoms with Gasteiger partial charge in [0.1, 0.15) is 11.5 Å². The van der Waals surface area contributed by atoms with Crippen molar-refractivity contribution in [3.05, 3.63) is 24.3 Å². The van der Waals surface area contributed by atoms with Gasteiger partial charge < -0.3 is 5.11 Å². The third-order valence-electron chi connectivity index (χ3n) is 1.67. The molecular weight excluding hydrogens is 178 g/mol. The van der Waals surface area contributed by atoms with E-state index in [0.717, 1.165) is 11.4 Å². The summed E-state index contributed by atoms with van der Waals surface area (Å²) >= 11 is 0. The molecule has 0 bridgehead atoms. The number of Topliss-reactive ketones (excluding diaryl/α,β-unsaturated/α-hetero) is 1. The Morgan fingerprint density at radius 3 is 2.36 bits per heavy atom. The molecule has 0 aliphatic heterocycles. The highest BCUT2D eigenvalue weighted by Gasteiger charge is 1.97. The van der Waals surface area contributed by atoms with Crippen LogP contribution in [0.3, 0.4) is 0 Å². The molecule has 1 rings (SSSR count). The molecule has 3 heteroatoms. The average Bonchev–Trinajstić information content (AvgIpc) is 2.07. The Morgan fingerprint density at radius 2 is 1.86 bits per heavy atom. The van der Waals surface area contributed by atoms with Crippen LogP contribution in [0.4, 0.5) is 5.69 Å². The topological polar surface area (TPSA) is 49.7 Å². The van der Waals surface area contributed by atoms with E-state index in [9.17, 15) is 4.79 Å². The minimum atomic E-state index is 0.102. The van der Waals surface area contributed by atoms with Crippen LogP contribution in [0.5, 0.6) is 5.75 Å². The van der Waals surface area contributed by atoms with Gasteiger partial charge in [-0.1, -0.05) is 0 Å². The van der Waals surface area contributed by atoms with E-state index in [1.165, 1.54) is 6.92 Å². The first-order valence-electron chi connectivity index (χ1n) is 4.40. The highest BCUT2D eigenvalue weighted by Crippen LogP contribution is 2.17. The molecule has 0 saturated carbocycles. The zero-order valence-electron chi connectivity index (χ0n) is 8.32. The van der Waals surface area contributed by atoms with Crippen molar-refractivity contribution in [3.8, 4) is 5.75 Å². The number of hydrogen-bond donors (Lipinski definition) is 1. The van der Waals surface area contributed by atoms with Crippen LogP contribution in [0.15, 0.2) is 29.3 Å². The first-order chi connectivity index (χ1) is 6.58. The monoisotopic (exact) mass is 191 g/mol. The van der Waals surface area contributed by atoms with Crippen molar-refractivity contribution >= 4 is 17.2 Å². The van der Waals surface area contributed by atoms with E-state index >= 15 is 0 Å². The Hall–Kier alpha value is -1.64. The van der Waals surface area contributed by atoms with Crippen molar-refractivity contribution in [2.24, 2.45) is 4.99 Å². The van der Waals surface area contributed by atoms with E-state index in [1.54, 1.807) is 24.3 Å². The van der Waals surface area contributed by atoms with E-state index in [0.29, 0.717) is 6.42 Å². The summed E-state index contributed by atoms with van der Waals surface area (Å²) in [6.07, 6.45) is 0.376. The lowest BCUT2D eigenvalue weighted by molar-refractivity contribution is -0.115. The van der Waals surface area contributed by atoms with Gasteiger partial charge in [0.2, 0.25) is 0 Å². The second-order valence-electron chi connectivity index (χ2n) is 3.24. The van der Waals surface area contributed by atoms with Gasteiger partial charge in [0, 0.05) is 12.1 Å². The van der Waals surface area contributed by atoms with Crippen LogP contribution >= 0.6 is 0 Å². The number of benzene rings is 1. The number of aliphatic imine (C=N–C) groups is 1. The number of carbonyl (C=O) groups excluding carboxylic acids is 1. The molecule has 14 heavy (non-hydrogen) atoms. The second-order valence-corrected chi connectivity index (χ2v) is 3.24. The molecule has 0 fully saturated rings. The van der Waals surface area contributed by atoms with Crippen molar-refractivity contribution in [1.82, 2.24) is 0 Å². The summed E-state index contributed by atoms with van der Waals surface area (Å²) < 4.78 is 0. The number of hydrogen-bond acceptors (Lipinski definition) is 3. The Kier molecular flexibility index (Phi) is 3.40. The van der Waals surface area contributed by atoms with Gasteiger partial charge >= 0.3 is 0 Å². The summed E-state index contributed by atoms with van der Waals surface area (Å²) in [5.41, 5.74) is 1.53. The fourth-order valence-corrected chi connectivity index (χ4v) is 1.15. The van der Waals surface area contributed by atoms with Crippen LogP contribution in [0, 0.1) is 0 Å². The summed E-state index contributed by atoms with van der Waals surface area (Å²) in [5, 5.41) is 9.03. The van der Waals surface area contributed by atoms with Gasteiger partial charge in [-0.2, -0.15) is 0 Å². The molecule has 0 radical (unpaired) electrons. The van der Waals surface area contributed by atoms with Crippen LogP contribution in [0.2, 0.25) is 0 Å². The number of aromatic hydroxyl groups is 1. The maximum atomic E-state index is 10.8. The molecule has 0 aromatic heterocycles. The first-order valence-corrected chi connectivity index (χ1v) is 4.40. The average molecular weight is 191 g/mol. The van der Waals surface area contributed by atoms with E-state index in [1.807, 2.05) is 6.92 Å². The molecule has 0 heterocycles. The number of rotatable bonds is 3. The number of ketones is 1. The Morgan fingerprint density at radius 1 is 1.29 bits per heavy atom. The van der Waals surface area contributed by atoms with Crippen LogP contribution in [-0.2, 0) is 4.79 Å². The maximum absolute atomic E-state index is 10.8. The highest BCUT2D eigenvalue weighted by molar-refractivity contribution is 6.00. The zero-order valence-corrected chi connectivity index (χ0v) is 8.32. The quantitative estimate of drug-likeness (QED) is 0.746. The molecule has 0 unspecified atom stereocenters. The Balaban J connectivity index is 2.76. The first kappa shape index (κ1) is 10.4. The van der Waals surface area contributed by atoms with Gasteiger partial charge in [0.25, 0.3) is 0 Å². The lowest BCUT2D eigenvalue weighted by Crippen LogP contribution is -1.98. The summed E-state index contributed by atoms with van der Waals surface area (Å²) in [4.78, 5) is 15.0. The van der Waals surface area contributed by atoms with Gasteiger partial charge in [-0.25, -0.2) is 0 Å². The lowest BCUT2D eigenvalue weighted by Gasteiger charge is -1.98. The maximum Gasteiger partial charge on any atom is 0.135 e. The third kappa shape index (κ3) is 3.39. The SMILES string of the molecule is CC(=O)CC(C)=Nc1ccc(O)cc1. The van der Waals surface area contributed by atoms with E-state index in [4.69, 9.17) is 5.11 Å². The molecule has 0 saturated heterocycles. The number of nitrogens with zero attached hydrogens (tertiary/aromatic N) is 1. The molecule has 1 N–H and O–H groups in total. The summed E-state index contributed by atoms with van der Waals surface area (Å²) in [6, 6.07) is 6.55. The summed E-state index contributed by atoms with van der Waals surface area (Å²) in [7, 11) is 0. The third-order valence-corrected chi connectivity index (χ3v) is 1.67. The predicted octanol–water partition coefficient (Wildman–Crippen LogP) is 2.46. The van der Waals surface area contributed by atoms with E-state index in [2.05, 4.69) is 4.99 Å². The molecule has 0 aliphatic rings. The normalized spacial score (nSPS) is 11.4. The molecule has 1 aromatic carbocycles. The minimum absolute atomic E-state index is 0.102. The van der Waals surface area contributed by atoms with Crippen LogP contribution in [0.1, 0.15) is 20.3 Å². The van der Waals surface area contributed by atoms with Crippen LogP contribution in [0.25, 0.3) is 0 Å². The van der Waals surface area contributed by atoms with Crippen LogP contribution in [-0.4, -0.2) is 16.6 Å². The molecule has 0 aliphatic carbocycles. The van der Waals surface area contributed by atoms with Crippen molar-refractivity contribution < 1.29 is 9.90 Å². The number of phenolic OH excluding ortho intramolecular Hbond substituents is 1. The van der Waals surface area contributed by atoms with Crippen molar-refractivity contribution in [3.63, 3.8) is 0 Å². The smallest absolute Gasteiger partial charge is 0.135 e. The van der Waals surface area contributed by atoms with E-state index in [-0.39, 0.29) is 11.5 Å². The Bertz CT molecular complexity index is 352. The predicted molar refractivity (Wildman–Crippen MR) is 56.2 cm³/mol. The van der Waals surface area contributed by atoms with Crippen molar-refractivity contribution in [2.75, 3.05) is 0 Å². The van der Waals surface area contributed by atoms with Gasteiger partial charge in [0.15, 0.2) is 0 Å². The standard InChI is InChI=1S/C11H13NO2/c1-8(7-9(2)13)12-10-3-5-11(14)6-4-10/h3-6,14H,7H2,1-2H3. The number of carbonyl (C=O) groups is 1. The zero-order chi connectivity index (χ0) is 10.6. The molecule has 0 spiro atoms. The fourth-order valence-electron chi connectivity index (χ4n) is 1.15.